The maximum Gasteiger partial charge on any atom is 0.263 e. The Bertz CT molecular complexity index is 468. The summed E-state index contributed by atoms with van der Waals surface area (Å²) < 4.78 is 52.8. The van der Waals surface area contributed by atoms with Crippen LogP contribution in [0.2, 0.25) is 0 Å². The van der Waals surface area contributed by atoms with Gasteiger partial charge in [-0.3, -0.25) is 9.59 Å². The van der Waals surface area contributed by atoms with Gasteiger partial charge in [-0.05, 0) is 6.42 Å². The zero-order valence-electron chi connectivity index (χ0n) is 13.7. The molecule has 2 aliphatic carbocycles. The molecule has 0 N–H and O–H groups in total. The fraction of sp³-hybridized carbons (Fsp3) is 0.867. The average molecular weight is 338 g/mol. The normalized spacial score (nSPS) is 33.0. The summed E-state index contributed by atoms with van der Waals surface area (Å²) in [5.41, 5.74) is 0. The molecule has 2 amide bonds. The zero-order chi connectivity index (χ0) is 17.7. The van der Waals surface area contributed by atoms with E-state index in [1.165, 1.54) is 37.7 Å². The Morgan fingerprint density at radius 3 is 1.30 bits per heavy atom. The van der Waals surface area contributed by atoms with Crippen molar-refractivity contribution in [2.24, 2.45) is 23.7 Å². The second-order valence-corrected chi connectivity index (χ2v) is 6.75. The Hall–Kier alpha value is -1.34. The summed E-state index contributed by atoms with van der Waals surface area (Å²) in [5, 5.41) is 0. The molecule has 8 heteroatoms. The summed E-state index contributed by atoms with van der Waals surface area (Å²) in [6.45, 7) is 3.07. The average Bonchev–Trinajstić information content (AvgIpc) is 3.16. The van der Waals surface area contributed by atoms with Gasteiger partial charge in [-0.2, -0.15) is 0 Å². The monoisotopic (exact) mass is 338 g/mol. The third-order valence-corrected chi connectivity index (χ3v) is 5.10. The molecule has 4 atom stereocenters. The molecule has 0 aromatic carbocycles. The Morgan fingerprint density at radius 2 is 1.09 bits per heavy atom. The maximum absolute atomic E-state index is 13.2. The summed E-state index contributed by atoms with van der Waals surface area (Å²) in [4.78, 5) is 26.1. The minimum atomic E-state index is -2.94. The van der Waals surface area contributed by atoms with E-state index in [4.69, 9.17) is 0 Å². The lowest BCUT2D eigenvalue weighted by atomic mass is 10.2. The van der Waals surface area contributed by atoms with Crippen LogP contribution < -0.4 is 0 Å². The van der Waals surface area contributed by atoms with Gasteiger partial charge in [0.25, 0.3) is 11.8 Å². The molecule has 0 aromatic rings. The van der Waals surface area contributed by atoms with Crippen molar-refractivity contribution in [3.05, 3.63) is 0 Å². The van der Waals surface area contributed by atoms with Crippen molar-refractivity contribution >= 4 is 11.8 Å². The van der Waals surface area contributed by atoms with Gasteiger partial charge in [-0.1, -0.05) is 13.8 Å². The molecule has 0 aliphatic heterocycles. The SMILES string of the molecule is CC1C(C(=O)N(C)CCCN(C)C(=O)C2C(C)C2(F)F)C1(F)F. The number of carbonyl (C=O) groups excluding carboxylic acids is 2. The number of carbonyl (C=O) groups is 2. The highest BCUT2D eigenvalue weighted by atomic mass is 19.3. The molecule has 0 radical (unpaired) electrons. The van der Waals surface area contributed by atoms with Crippen LogP contribution in [-0.4, -0.2) is 60.6 Å². The molecule has 0 spiro atoms. The number of hydrogen-bond acceptors (Lipinski definition) is 2. The molecule has 132 valence electrons. The van der Waals surface area contributed by atoms with Crippen molar-refractivity contribution in [2.75, 3.05) is 27.2 Å². The number of nitrogens with zero attached hydrogens (tertiary/aromatic N) is 2. The number of alkyl halides is 4. The first-order valence-corrected chi connectivity index (χ1v) is 7.69. The topological polar surface area (TPSA) is 40.6 Å². The van der Waals surface area contributed by atoms with E-state index in [9.17, 15) is 27.2 Å². The van der Waals surface area contributed by atoms with Crippen molar-refractivity contribution in [2.45, 2.75) is 32.1 Å². The highest BCUT2D eigenvalue weighted by molar-refractivity contribution is 5.84. The first-order chi connectivity index (χ1) is 10.4. The minimum Gasteiger partial charge on any atom is -0.345 e. The minimum absolute atomic E-state index is 0.201. The van der Waals surface area contributed by atoms with Gasteiger partial charge in [0.05, 0.1) is 0 Å². The van der Waals surface area contributed by atoms with E-state index in [1.807, 2.05) is 0 Å². The molecule has 4 nitrogen and oxygen atoms in total. The number of rotatable bonds is 6. The fourth-order valence-corrected chi connectivity index (χ4v) is 2.96. The van der Waals surface area contributed by atoms with Crippen molar-refractivity contribution in [3.8, 4) is 0 Å². The van der Waals surface area contributed by atoms with E-state index in [2.05, 4.69) is 0 Å². The second-order valence-electron chi connectivity index (χ2n) is 6.75. The molecule has 2 saturated carbocycles. The first-order valence-electron chi connectivity index (χ1n) is 7.69. The van der Waals surface area contributed by atoms with Gasteiger partial charge in [0.15, 0.2) is 0 Å². The van der Waals surface area contributed by atoms with Gasteiger partial charge in [0.2, 0.25) is 11.8 Å². The molecule has 0 saturated heterocycles. The molecular weight excluding hydrogens is 316 g/mol. The Balaban J connectivity index is 1.73. The van der Waals surface area contributed by atoms with Crippen LogP contribution in [-0.2, 0) is 9.59 Å². The van der Waals surface area contributed by atoms with E-state index in [0.717, 1.165) is 0 Å². The smallest absolute Gasteiger partial charge is 0.263 e. The van der Waals surface area contributed by atoms with Crippen LogP contribution in [0.25, 0.3) is 0 Å². The predicted molar refractivity (Wildman–Crippen MR) is 75.1 cm³/mol. The molecule has 2 aliphatic rings. The highest BCUT2D eigenvalue weighted by Crippen LogP contribution is 2.56. The van der Waals surface area contributed by atoms with Gasteiger partial charge >= 0.3 is 0 Å². The quantitative estimate of drug-likeness (QED) is 0.696. The van der Waals surface area contributed by atoms with E-state index in [0.29, 0.717) is 6.42 Å². The lowest BCUT2D eigenvalue weighted by Gasteiger charge is -2.21. The van der Waals surface area contributed by atoms with Crippen LogP contribution in [0.1, 0.15) is 20.3 Å². The van der Waals surface area contributed by atoms with Gasteiger partial charge < -0.3 is 9.80 Å². The molecule has 23 heavy (non-hydrogen) atoms. The number of amides is 2. The summed E-state index contributed by atoms with van der Waals surface area (Å²) in [6, 6.07) is 0. The summed E-state index contributed by atoms with van der Waals surface area (Å²) in [5.74, 6) is -11.5. The van der Waals surface area contributed by atoms with E-state index in [1.54, 1.807) is 0 Å². The highest BCUT2D eigenvalue weighted by Gasteiger charge is 2.70. The molecule has 4 unspecified atom stereocenters. The lowest BCUT2D eigenvalue weighted by Crippen LogP contribution is -2.35. The Labute approximate surface area is 132 Å². The molecule has 0 aromatic heterocycles. The molecule has 0 bridgehead atoms. The van der Waals surface area contributed by atoms with Crippen LogP contribution in [0.5, 0.6) is 0 Å². The number of halogens is 4. The van der Waals surface area contributed by atoms with Crippen molar-refractivity contribution < 1.29 is 27.2 Å². The van der Waals surface area contributed by atoms with Gasteiger partial charge in [0.1, 0.15) is 11.8 Å². The summed E-state index contributed by atoms with van der Waals surface area (Å²) in [7, 11) is 2.87. The van der Waals surface area contributed by atoms with E-state index >= 15 is 0 Å². The largest absolute Gasteiger partial charge is 0.345 e. The zero-order valence-corrected chi connectivity index (χ0v) is 13.7. The van der Waals surface area contributed by atoms with Crippen molar-refractivity contribution in [1.29, 1.82) is 0 Å². The van der Waals surface area contributed by atoms with Crippen molar-refractivity contribution in [1.82, 2.24) is 9.80 Å². The van der Waals surface area contributed by atoms with Gasteiger partial charge in [-0.15, -0.1) is 0 Å². The molecular formula is C15H22F4N2O2. The Morgan fingerprint density at radius 1 is 0.826 bits per heavy atom. The standard InChI is InChI=1S/C15H22F4N2O2/c1-8-10(14(8,16)17)12(22)20(3)6-5-7-21(4)13(23)11-9(2)15(11,18)19/h8-11H,5-7H2,1-4H3. The van der Waals surface area contributed by atoms with Gasteiger partial charge in [0, 0.05) is 39.0 Å². The van der Waals surface area contributed by atoms with Crippen molar-refractivity contribution in [3.63, 3.8) is 0 Å². The fourth-order valence-electron chi connectivity index (χ4n) is 2.96. The van der Waals surface area contributed by atoms with E-state index in [-0.39, 0.29) is 13.1 Å². The molecule has 2 fully saturated rings. The predicted octanol–water partition coefficient (Wildman–Crippen LogP) is 2.10. The third-order valence-electron chi connectivity index (χ3n) is 5.10. The second kappa shape index (κ2) is 5.63. The lowest BCUT2D eigenvalue weighted by molar-refractivity contribution is -0.134. The summed E-state index contributed by atoms with van der Waals surface area (Å²) >= 11 is 0. The van der Waals surface area contributed by atoms with Crippen LogP contribution in [0.3, 0.4) is 0 Å². The number of hydrogen-bond donors (Lipinski definition) is 0. The molecule has 2 rings (SSSR count). The Kier molecular flexibility index (Phi) is 4.41. The van der Waals surface area contributed by atoms with Crippen LogP contribution >= 0.6 is 0 Å². The summed E-state index contributed by atoms with van der Waals surface area (Å²) in [6.07, 6.45) is 0.351. The van der Waals surface area contributed by atoms with Crippen LogP contribution in [0.15, 0.2) is 0 Å². The van der Waals surface area contributed by atoms with E-state index < -0.39 is 47.3 Å². The molecule has 0 heterocycles. The third kappa shape index (κ3) is 3.04. The maximum atomic E-state index is 13.2. The van der Waals surface area contributed by atoms with Crippen LogP contribution in [0.4, 0.5) is 17.6 Å². The van der Waals surface area contributed by atoms with Gasteiger partial charge in [-0.25, -0.2) is 17.6 Å². The van der Waals surface area contributed by atoms with Crippen LogP contribution in [0, 0.1) is 23.7 Å². The first kappa shape index (κ1) is 18.0.